The molecule has 0 saturated heterocycles. The number of nitrogens with two attached hydrogens (primary N) is 1. The third kappa shape index (κ3) is 3.73. The molecule has 0 aliphatic heterocycles. The van der Waals surface area contributed by atoms with Gasteiger partial charge in [-0.2, -0.15) is 0 Å². The summed E-state index contributed by atoms with van der Waals surface area (Å²) in [5, 5.41) is 8.87. The van der Waals surface area contributed by atoms with Crippen molar-refractivity contribution < 1.29 is 19.4 Å². The first-order chi connectivity index (χ1) is 10.1. The summed E-state index contributed by atoms with van der Waals surface area (Å²) in [4.78, 5) is 11.6. The Kier molecular flexibility index (Phi) is 4.79. The van der Waals surface area contributed by atoms with E-state index in [1.807, 2.05) is 12.1 Å². The molecule has 0 amide bonds. The number of esters is 1. The molecule has 0 fully saturated rings. The molecule has 2 aromatic carbocycles. The summed E-state index contributed by atoms with van der Waals surface area (Å²) in [5.74, 6) is 0.632. The molecule has 5 heteroatoms. The van der Waals surface area contributed by atoms with Crippen molar-refractivity contribution in [1.29, 1.82) is 0 Å². The minimum absolute atomic E-state index is 0.112. The number of aliphatic hydroxyl groups is 1. The van der Waals surface area contributed by atoms with E-state index in [-0.39, 0.29) is 12.2 Å². The van der Waals surface area contributed by atoms with E-state index >= 15 is 0 Å². The summed E-state index contributed by atoms with van der Waals surface area (Å²) < 4.78 is 10.3. The van der Waals surface area contributed by atoms with Crippen LogP contribution in [0.4, 0.5) is 5.69 Å². The number of rotatable bonds is 5. The van der Waals surface area contributed by atoms with Gasteiger partial charge in [-0.1, -0.05) is 12.1 Å². The zero-order chi connectivity index (χ0) is 15.2. The van der Waals surface area contributed by atoms with E-state index < -0.39 is 5.97 Å². The van der Waals surface area contributed by atoms with Gasteiger partial charge in [0.2, 0.25) is 0 Å². The molecule has 2 aromatic rings. The summed E-state index contributed by atoms with van der Waals surface area (Å²) >= 11 is 0. The summed E-state index contributed by atoms with van der Waals surface area (Å²) in [6, 6.07) is 12.2. The maximum absolute atomic E-state index is 11.6. The van der Waals surface area contributed by atoms with Gasteiger partial charge < -0.3 is 20.3 Å². The van der Waals surface area contributed by atoms with Crippen LogP contribution in [-0.4, -0.2) is 24.8 Å². The molecule has 2 rings (SSSR count). The van der Waals surface area contributed by atoms with Gasteiger partial charge >= 0.3 is 5.97 Å². The van der Waals surface area contributed by atoms with Crippen LogP contribution in [-0.2, 0) is 11.2 Å². The van der Waals surface area contributed by atoms with Crippen LogP contribution in [0.5, 0.6) is 11.5 Å². The van der Waals surface area contributed by atoms with E-state index in [1.54, 1.807) is 30.3 Å². The molecule has 0 aliphatic rings. The highest BCUT2D eigenvalue weighted by Crippen LogP contribution is 2.26. The summed E-state index contributed by atoms with van der Waals surface area (Å²) in [7, 11) is 1.30. The van der Waals surface area contributed by atoms with Gasteiger partial charge in [-0.3, -0.25) is 0 Å². The first kappa shape index (κ1) is 14.9. The first-order valence-corrected chi connectivity index (χ1v) is 6.49. The molecular weight excluding hydrogens is 270 g/mol. The summed E-state index contributed by atoms with van der Waals surface area (Å²) in [5.41, 5.74) is 7.37. The molecule has 0 aromatic heterocycles. The standard InChI is InChI=1S/C16H17NO4/c1-20-16(19)14-10-13(6-7-15(14)17)21-12-4-2-11(3-5-12)8-9-18/h2-7,10,18H,8-9,17H2,1H3. The Morgan fingerprint density at radius 2 is 1.81 bits per heavy atom. The molecule has 0 bridgehead atoms. The molecule has 5 nitrogen and oxygen atoms in total. The highest BCUT2D eigenvalue weighted by molar-refractivity contribution is 5.95. The van der Waals surface area contributed by atoms with Gasteiger partial charge in [0.25, 0.3) is 0 Å². The van der Waals surface area contributed by atoms with Crippen LogP contribution >= 0.6 is 0 Å². The van der Waals surface area contributed by atoms with Crippen molar-refractivity contribution in [3.8, 4) is 11.5 Å². The lowest BCUT2D eigenvalue weighted by atomic mass is 10.1. The van der Waals surface area contributed by atoms with E-state index in [1.165, 1.54) is 7.11 Å². The molecule has 0 spiro atoms. The van der Waals surface area contributed by atoms with Gasteiger partial charge in [0.05, 0.1) is 12.7 Å². The fourth-order valence-corrected chi connectivity index (χ4v) is 1.87. The largest absolute Gasteiger partial charge is 0.465 e. The van der Waals surface area contributed by atoms with Crippen molar-refractivity contribution in [2.24, 2.45) is 0 Å². The second kappa shape index (κ2) is 6.76. The van der Waals surface area contributed by atoms with Gasteiger partial charge in [-0.15, -0.1) is 0 Å². The second-order valence-electron chi connectivity index (χ2n) is 4.46. The number of aliphatic hydroxyl groups excluding tert-OH is 1. The van der Waals surface area contributed by atoms with Crippen LogP contribution < -0.4 is 10.5 Å². The Labute approximate surface area is 122 Å². The summed E-state index contributed by atoms with van der Waals surface area (Å²) in [6.45, 7) is 0.112. The molecule has 0 aliphatic carbocycles. The highest BCUT2D eigenvalue weighted by Gasteiger charge is 2.11. The van der Waals surface area contributed by atoms with Crippen molar-refractivity contribution in [2.75, 3.05) is 19.5 Å². The lowest BCUT2D eigenvalue weighted by Crippen LogP contribution is -2.05. The topological polar surface area (TPSA) is 81.8 Å². The molecular formula is C16H17NO4. The Bertz CT molecular complexity index is 623. The number of nitrogen functional groups attached to an aromatic ring is 1. The third-order valence-corrected chi connectivity index (χ3v) is 2.99. The normalized spacial score (nSPS) is 10.2. The monoisotopic (exact) mass is 287 g/mol. The lowest BCUT2D eigenvalue weighted by Gasteiger charge is -2.09. The van der Waals surface area contributed by atoms with Gasteiger partial charge in [0.15, 0.2) is 0 Å². The maximum atomic E-state index is 11.6. The first-order valence-electron chi connectivity index (χ1n) is 6.49. The predicted octanol–water partition coefficient (Wildman–Crippen LogP) is 2.38. The van der Waals surface area contributed by atoms with Crippen molar-refractivity contribution in [2.45, 2.75) is 6.42 Å². The minimum atomic E-state index is -0.503. The van der Waals surface area contributed by atoms with E-state index in [9.17, 15) is 4.79 Å². The number of hydrogen-bond acceptors (Lipinski definition) is 5. The molecule has 0 unspecified atom stereocenters. The van der Waals surface area contributed by atoms with Crippen LogP contribution in [0, 0.1) is 0 Å². The molecule has 0 atom stereocenters. The number of anilines is 1. The van der Waals surface area contributed by atoms with Crippen LogP contribution in [0.2, 0.25) is 0 Å². The van der Waals surface area contributed by atoms with Crippen molar-refractivity contribution in [1.82, 2.24) is 0 Å². The smallest absolute Gasteiger partial charge is 0.340 e. The minimum Gasteiger partial charge on any atom is -0.465 e. The van der Waals surface area contributed by atoms with Crippen molar-refractivity contribution >= 4 is 11.7 Å². The van der Waals surface area contributed by atoms with E-state index in [4.69, 9.17) is 15.6 Å². The number of hydrogen-bond donors (Lipinski definition) is 2. The average Bonchev–Trinajstić information content (AvgIpc) is 2.50. The second-order valence-corrected chi connectivity index (χ2v) is 4.46. The van der Waals surface area contributed by atoms with E-state index in [0.717, 1.165) is 5.56 Å². The number of carbonyl (C=O) groups excluding carboxylic acids is 1. The molecule has 0 heterocycles. The zero-order valence-electron chi connectivity index (χ0n) is 11.7. The molecule has 110 valence electrons. The zero-order valence-corrected chi connectivity index (χ0v) is 11.7. The van der Waals surface area contributed by atoms with Gasteiger partial charge in [0.1, 0.15) is 11.5 Å². The van der Waals surface area contributed by atoms with Gasteiger partial charge in [-0.05, 0) is 42.3 Å². The SMILES string of the molecule is COC(=O)c1cc(Oc2ccc(CCO)cc2)ccc1N. The van der Waals surface area contributed by atoms with Crippen LogP contribution in [0.15, 0.2) is 42.5 Å². The third-order valence-electron chi connectivity index (χ3n) is 2.99. The fourth-order valence-electron chi connectivity index (χ4n) is 1.87. The van der Waals surface area contributed by atoms with Crippen molar-refractivity contribution in [3.05, 3.63) is 53.6 Å². The Morgan fingerprint density at radius 3 is 2.43 bits per heavy atom. The fraction of sp³-hybridized carbons (Fsp3) is 0.188. The lowest BCUT2D eigenvalue weighted by molar-refractivity contribution is 0.0601. The van der Waals surface area contributed by atoms with Crippen molar-refractivity contribution in [3.63, 3.8) is 0 Å². The molecule has 0 saturated carbocycles. The molecule has 0 radical (unpaired) electrons. The highest BCUT2D eigenvalue weighted by atomic mass is 16.5. The number of methoxy groups -OCH3 is 1. The molecule has 3 N–H and O–H groups in total. The number of benzene rings is 2. The Hall–Kier alpha value is -2.53. The Balaban J connectivity index is 2.17. The maximum Gasteiger partial charge on any atom is 0.340 e. The Morgan fingerprint density at radius 1 is 1.14 bits per heavy atom. The van der Waals surface area contributed by atoms with Gasteiger partial charge in [-0.25, -0.2) is 4.79 Å². The van der Waals surface area contributed by atoms with E-state index in [0.29, 0.717) is 23.6 Å². The number of ether oxygens (including phenoxy) is 2. The van der Waals surface area contributed by atoms with Crippen LogP contribution in [0.25, 0.3) is 0 Å². The quantitative estimate of drug-likeness (QED) is 0.652. The molecule has 21 heavy (non-hydrogen) atoms. The van der Waals surface area contributed by atoms with E-state index in [2.05, 4.69) is 4.74 Å². The predicted molar refractivity (Wildman–Crippen MR) is 79.5 cm³/mol. The van der Waals surface area contributed by atoms with Gasteiger partial charge in [0, 0.05) is 12.3 Å². The van der Waals surface area contributed by atoms with Crippen LogP contribution in [0.3, 0.4) is 0 Å². The number of carbonyl (C=O) groups is 1. The average molecular weight is 287 g/mol. The van der Waals surface area contributed by atoms with Crippen LogP contribution in [0.1, 0.15) is 15.9 Å². The summed E-state index contributed by atoms with van der Waals surface area (Å²) in [6.07, 6.45) is 0.606.